The highest BCUT2D eigenvalue weighted by atomic mass is 16.7. The van der Waals surface area contributed by atoms with E-state index >= 15 is 0 Å². The molecule has 0 aliphatic heterocycles. The van der Waals surface area contributed by atoms with E-state index in [4.69, 9.17) is 9.47 Å². The third-order valence-electron chi connectivity index (χ3n) is 7.21. The predicted molar refractivity (Wildman–Crippen MR) is 110 cm³/mol. The molecule has 0 saturated heterocycles. The molecule has 4 rings (SSSR count). The molecule has 0 radical (unpaired) electrons. The van der Waals surface area contributed by atoms with Crippen LogP contribution in [0.15, 0.2) is 54.3 Å². The Hall–Kier alpha value is -1.54. The van der Waals surface area contributed by atoms with Gasteiger partial charge in [-0.05, 0) is 72.0 Å². The van der Waals surface area contributed by atoms with Gasteiger partial charge < -0.3 is 9.47 Å². The molecule has 0 heterocycles. The van der Waals surface area contributed by atoms with Crippen molar-refractivity contribution in [3.8, 4) is 0 Å². The van der Waals surface area contributed by atoms with Crippen molar-refractivity contribution in [1.82, 2.24) is 0 Å². The highest BCUT2D eigenvalue weighted by Crippen LogP contribution is 2.75. The van der Waals surface area contributed by atoms with Gasteiger partial charge in [0.15, 0.2) is 6.29 Å². The van der Waals surface area contributed by atoms with E-state index in [1.807, 2.05) is 13.0 Å². The molecule has 2 heteroatoms. The van der Waals surface area contributed by atoms with E-state index in [0.717, 1.165) is 35.9 Å². The quantitative estimate of drug-likeness (QED) is 0.563. The summed E-state index contributed by atoms with van der Waals surface area (Å²) in [5.74, 6) is 5.55. The number of benzene rings is 1. The Morgan fingerprint density at radius 3 is 2.44 bits per heavy atom. The van der Waals surface area contributed by atoms with Crippen LogP contribution in [0.5, 0.6) is 0 Å². The van der Waals surface area contributed by atoms with Gasteiger partial charge in [0, 0.05) is 0 Å². The molecule has 1 aromatic carbocycles. The van der Waals surface area contributed by atoms with Crippen molar-refractivity contribution < 1.29 is 9.47 Å². The summed E-state index contributed by atoms with van der Waals surface area (Å²) < 4.78 is 12.0. The fourth-order valence-corrected chi connectivity index (χ4v) is 6.00. The highest BCUT2D eigenvalue weighted by Gasteiger charge is 2.70. The zero-order chi connectivity index (χ0) is 19.2. The van der Waals surface area contributed by atoms with Gasteiger partial charge in [-0.3, -0.25) is 0 Å². The van der Waals surface area contributed by atoms with Gasteiger partial charge in [0.1, 0.15) is 5.76 Å². The molecule has 3 aliphatic rings. The van der Waals surface area contributed by atoms with Gasteiger partial charge in [-0.2, -0.15) is 0 Å². The van der Waals surface area contributed by atoms with Gasteiger partial charge in [0.05, 0.1) is 6.61 Å². The van der Waals surface area contributed by atoms with Gasteiger partial charge in [0.2, 0.25) is 0 Å². The summed E-state index contributed by atoms with van der Waals surface area (Å²) in [6.45, 7) is 12.4. The van der Waals surface area contributed by atoms with E-state index in [-0.39, 0.29) is 6.29 Å². The van der Waals surface area contributed by atoms with E-state index in [0.29, 0.717) is 23.9 Å². The lowest BCUT2D eigenvalue weighted by atomic mass is 9.72. The van der Waals surface area contributed by atoms with E-state index in [2.05, 4.69) is 70.2 Å². The second-order valence-corrected chi connectivity index (χ2v) is 9.57. The Balaban J connectivity index is 1.33. The summed E-state index contributed by atoms with van der Waals surface area (Å²) in [6.07, 6.45) is 7.71. The van der Waals surface area contributed by atoms with Crippen LogP contribution in [0.4, 0.5) is 0 Å². The lowest BCUT2D eigenvalue weighted by Crippen LogP contribution is -2.28. The first-order chi connectivity index (χ1) is 12.9. The molecule has 6 atom stereocenters. The van der Waals surface area contributed by atoms with Gasteiger partial charge in [-0.1, -0.05) is 64.1 Å². The van der Waals surface area contributed by atoms with E-state index in [9.17, 15) is 0 Å². The largest absolute Gasteiger partial charge is 0.466 e. The van der Waals surface area contributed by atoms with Crippen molar-refractivity contribution in [3.05, 3.63) is 59.9 Å². The van der Waals surface area contributed by atoms with Crippen molar-refractivity contribution in [2.24, 2.45) is 40.9 Å². The summed E-state index contributed by atoms with van der Waals surface area (Å²) >= 11 is 0. The standard InChI is InChI=1S/C25H34O2/c1-16(2)22-20-12-11-19(15-21(20)23-24(22)25(23,4)5)27-17(3)26-14-13-18-9-7-6-8-10-18/h6-12,15-17,20-24H,13-14H2,1-5H3. The minimum absolute atomic E-state index is 0.216. The van der Waals surface area contributed by atoms with Crippen LogP contribution in [0.2, 0.25) is 0 Å². The second-order valence-electron chi connectivity index (χ2n) is 9.57. The number of ether oxygens (including phenoxy) is 2. The molecule has 0 aromatic heterocycles. The summed E-state index contributed by atoms with van der Waals surface area (Å²) in [4.78, 5) is 0. The van der Waals surface area contributed by atoms with Crippen LogP contribution < -0.4 is 0 Å². The monoisotopic (exact) mass is 366 g/mol. The molecular weight excluding hydrogens is 332 g/mol. The molecule has 2 saturated carbocycles. The van der Waals surface area contributed by atoms with Gasteiger partial charge in [0.25, 0.3) is 0 Å². The maximum atomic E-state index is 6.12. The summed E-state index contributed by atoms with van der Waals surface area (Å²) in [5, 5.41) is 0. The molecule has 0 spiro atoms. The van der Waals surface area contributed by atoms with Crippen LogP contribution in [0.25, 0.3) is 0 Å². The molecule has 0 amide bonds. The number of rotatable bonds is 7. The van der Waals surface area contributed by atoms with E-state index in [1.165, 1.54) is 5.56 Å². The first kappa shape index (κ1) is 18.8. The van der Waals surface area contributed by atoms with E-state index in [1.54, 1.807) is 0 Å². The first-order valence-electron chi connectivity index (χ1n) is 10.6. The second kappa shape index (κ2) is 7.13. The minimum atomic E-state index is -0.216. The molecule has 0 bridgehead atoms. The first-order valence-corrected chi connectivity index (χ1v) is 10.6. The SMILES string of the molecule is CC(OCCc1ccccc1)OC1=CC2C(C=C1)C(C(C)C)C1C2C1(C)C. The molecule has 0 N–H and O–H groups in total. The predicted octanol–water partition coefficient (Wildman–Crippen LogP) is 5.85. The Kier molecular flexibility index (Phi) is 4.96. The van der Waals surface area contributed by atoms with E-state index < -0.39 is 0 Å². The van der Waals surface area contributed by atoms with Crippen LogP contribution in [-0.2, 0) is 15.9 Å². The smallest absolute Gasteiger partial charge is 0.196 e. The molecule has 6 unspecified atom stereocenters. The zero-order valence-electron chi connectivity index (χ0n) is 17.4. The Morgan fingerprint density at radius 2 is 1.74 bits per heavy atom. The average Bonchev–Trinajstić information content (AvgIpc) is 3.00. The van der Waals surface area contributed by atoms with Crippen molar-refractivity contribution in [2.75, 3.05) is 6.61 Å². The normalized spacial score (nSPS) is 34.0. The van der Waals surface area contributed by atoms with Gasteiger partial charge in [-0.25, -0.2) is 0 Å². The number of hydrogen-bond acceptors (Lipinski definition) is 2. The van der Waals surface area contributed by atoms with Gasteiger partial charge in [-0.15, -0.1) is 0 Å². The summed E-state index contributed by atoms with van der Waals surface area (Å²) in [6, 6.07) is 10.5. The molecular formula is C25H34O2. The van der Waals surface area contributed by atoms with Crippen molar-refractivity contribution in [3.63, 3.8) is 0 Å². The fraction of sp³-hybridized carbons (Fsp3) is 0.600. The molecule has 1 aromatic rings. The fourth-order valence-electron chi connectivity index (χ4n) is 6.00. The number of allylic oxidation sites excluding steroid dienone is 3. The molecule has 146 valence electrons. The van der Waals surface area contributed by atoms with Crippen LogP contribution in [0.3, 0.4) is 0 Å². The summed E-state index contributed by atoms with van der Waals surface area (Å²) in [5.41, 5.74) is 1.79. The zero-order valence-corrected chi connectivity index (χ0v) is 17.4. The third kappa shape index (κ3) is 3.49. The highest BCUT2D eigenvalue weighted by molar-refractivity contribution is 5.32. The van der Waals surface area contributed by atoms with Crippen molar-refractivity contribution in [1.29, 1.82) is 0 Å². The van der Waals surface area contributed by atoms with Gasteiger partial charge >= 0.3 is 0 Å². The third-order valence-corrected chi connectivity index (χ3v) is 7.21. The summed E-state index contributed by atoms with van der Waals surface area (Å²) in [7, 11) is 0. The van der Waals surface area contributed by atoms with Crippen LogP contribution in [-0.4, -0.2) is 12.9 Å². The minimum Gasteiger partial charge on any atom is -0.466 e. The maximum absolute atomic E-state index is 6.12. The Labute approximate surface area is 164 Å². The number of hydrogen-bond donors (Lipinski definition) is 0. The number of fused-ring (bicyclic) bond motifs is 3. The van der Waals surface area contributed by atoms with Crippen LogP contribution in [0, 0.1) is 40.9 Å². The molecule has 27 heavy (non-hydrogen) atoms. The van der Waals surface area contributed by atoms with Crippen molar-refractivity contribution >= 4 is 0 Å². The lowest BCUT2D eigenvalue weighted by Gasteiger charge is -2.33. The molecule has 3 aliphatic carbocycles. The Bertz CT molecular complexity index is 715. The Morgan fingerprint density at radius 1 is 1.00 bits per heavy atom. The topological polar surface area (TPSA) is 18.5 Å². The van der Waals surface area contributed by atoms with Crippen molar-refractivity contribution in [2.45, 2.75) is 47.3 Å². The van der Waals surface area contributed by atoms with Crippen LogP contribution >= 0.6 is 0 Å². The molecule has 2 fully saturated rings. The maximum Gasteiger partial charge on any atom is 0.196 e. The average molecular weight is 367 g/mol. The lowest BCUT2D eigenvalue weighted by molar-refractivity contribution is -0.0999. The van der Waals surface area contributed by atoms with Crippen LogP contribution in [0.1, 0.15) is 40.2 Å². The molecule has 2 nitrogen and oxygen atoms in total.